The lowest BCUT2D eigenvalue weighted by Crippen LogP contribution is -2.33. The zero-order chi connectivity index (χ0) is 20.1. The van der Waals surface area contributed by atoms with Gasteiger partial charge in [-0.15, -0.1) is 0 Å². The molecule has 3 aromatic heterocycles. The SMILES string of the molecule is O=C(COc1ccc2occ(-c3ccco3)c2c1)N1CCn2c1nc1ccccc12. The third-order valence-corrected chi connectivity index (χ3v) is 5.42. The molecule has 0 fully saturated rings. The van der Waals surface area contributed by atoms with Crippen molar-refractivity contribution in [2.75, 3.05) is 18.1 Å². The Morgan fingerprint density at radius 1 is 1.07 bits per heavy atom. The molecule has 148 valence electrons. The largest absolute Gasteiger partial charge is 0.484 e. The number of imidazole rings is 1. The van der Waals surface area contributed by atoms with Crippen LogP contribution < -0.4 is 9.64 Å². The van der Waals surface area contributed by atoms with Crippen LogP contribution in [-0.2, 0) is 11.3 Å². The molecule has 0 atom stereocenters. The summed E-state index contributed by atoms with van der Waals surface area (Å²) >= 11 is 0. The molecule has 0 radical (unpaired) electrons. The Morgan fingerprint density at radius 2 is 2.00 bits per heavy atom. The fourth-order valence-corrected chi connectivity index (χ4v) is 3.97. The molecule has 6 rings (SSSR count). The summed E-state index contributed by atoms with van der Waals surface area (Å²) < 4.78 is 19.0. The third kappa shape index (κ3) is 2.59. The van der Waals surface area contributed by atoms with E-state index < -0.39 is 0 Å². The summed E-state index contributed by atoms with van der Waals surface area (Å²) in [6, 6.07) is 17.1. The van der Waals surface area contributed by atoms with Crippen molar-refractivity contribution in [3.05, 3.63) is 67.1 Å². The van der Waals surface area contributed by atoms with E-state index in [2.05, 4.69) is 9.55 Å². The fourth-order valence-electron chi connectivity index (χ4n) is 3.97. The molecule has 0 bridgehead atoms. The molecule has 7 nitrogen and oxygen atoms in total. The van der Waals surface area contributed by atoms with E-state index in [1.165, 1.54) is 0 Å². The van der Waals surface area contributed by atoms with E-state index in [0.29, 0.717) is 18.2 Å². The van der Waals surface area contributed by atoms with E-state index in [-0.39, 0.29) is 12.5 Å². The molecule has 0 spiro atoms. The summed E-state index contributed by atoms with van der Waals surface area (Å²) in [6.07, 6.45) is 3.28. The summed E-state index contributed by atoms with van der Waals surface area (Å²) in [5.74, 6) is 1.87. The Bertz CT molecular complexity index is 1380. The van der Waals surface area contributed by atoms with Crippen LogP contribution in [-0.4, -0.2) is 28.6 Å². The van der Waals surface area contributed by atoms with Crippen LogP contribution in [0.5, 0.6) is 5.75 Å². The first-order chi connectivity index (χ1) is 14.8. The van der Waals surface area contributed by atoms with E-state index in [4.69, 9.17) is 13.6 Å². The Labute approximate surface area is 171 Å². The number of para-hydroxylation sites is 2. The number of ether oxygens (including phenoxy) is 1. The number of hydrogen-bond donors (Lipinski definition) is 0. The number of nitrogens with zero attached hydrogens (tertiary/aromatic N) is 3. The van der Waals surface area contributed by atoms with Gasteiger partial charge in [-0.2, -0.15) is 0 Å². The highest BCUT2D eigenvalue weighted by molar-refractivity contribution is 5.96. The van der Waals surface area contributed by atoms with Gasteiger partial charge < -0.3 is 18.1 Å². The molecule has 5 aromatic rings. The number of fused-ring (bicyclic) bond motifs is 4. The zero-order valence-electron chi connectivity index (χ0n) is 15.9. The molecule has 0 N–H and O–H groups in total. The van der Waals surface area contributed by atoms with Gasteiger partial charge in [-0.25, -0.2) is 4.98 Å². The summed E-state index contributed by atoms with van der Waals surface area (Å²) in [4.78, 5) is 19.1. The van der Waals surface area contributed by atoms with Crippen LogP contribution in [0.3, 0.4) is 0 Å². The number of aromatic nitrogens is 2. The fraction of sp³-hybridized carbons (Fsp3) is 0.130. The van der Waals surface area contributed by atoms with Crippen molar-refractivity contribution in [2.45, 2.75) is 6.54 Å². The van der Waals surface area contributed by atoms with Crippen LogP contribution in [0.2, 0.25) is 0 Å². The Kier molecular flexibility index (Phi) is 3.67. The van der Waals surface area contributed by atoms with Crippen LogP contribution in [0.25, 0.3) is 33.3 Å². The second kappa shape index (κ2) is 6.52. The van der Waals surface area contributed by atoms with Gasteiger partial charge in [0.05, 0.1) is 22.9 Å². The Balaban J connectivity index is 1.23. The number of hydrogen-bond acceptors (Lipinski definition) is 5. The summed E-state index contributed by atoms with van der Waals surface area (Å²) in [5, 5.41) is 0.873. The van der Waals surface area contributed by atoms with E-state index in [9.17, 15) is 4.79 Å². The van der Waals surface area contributed by atoms with Crippen LogP contribution >= 0.6 is 0 Å². The van der Waals surface area contributed by atoms with Crippen LogP contribution in [0.1, 0.15) is 0 Å². The molecule has 0 unspecified atom stereocenters. The maximum atomic E-state index is 12.8. The Morgan fingerprint density at radius 3 is 2.90 bits per heavy atom. The van der Waals surface area contributed by atoms with Crippen molar-refractivity contribution in [3.63, 3.8) is 0 Å². The topological polar surface area (TPSA) is 73.6 Å². The number of rotatable bonds is 4. The highest BCUT2D eigenvalue weighted by Crippen LogP contribution is 2.33. The van der Waals surface area contributed by atoms with Crippen LogP contribution in [0.15, 0.2) is 76.0 Å². The number of benzene rings is 2. The third-order valence-electron chi connectivity index (χ3n) is 5.42. The molecule has 1 amide bonds. The summed E-state index contributed by atoms with van der Waals surface area (Å²) in [6.45, 7) is 1.26. The van der Waals surface area contributed by atoms with E-state index >= 15 is 0 Å². The number of carbonyl (C=O) groups excluding carboxylic acids is 1. The first-order valence-corrected chi connectivity index (χ1v) is 9.71. The van der Waals surface area contributed by atoms with E-state index in [0.717, 1.165) is 39.9 Å². The average molecular weight is 399 g/mol. The van der Waals surface area contributed by atoms with Crippen molar-refractivity contribution in [1.82, 2.24) is 9.55 Å². The van der Waals surface area contributed by atoms with Crippen molar-refractivity contribution in [1.29, 1.82) is 0 Å². The minimum Gasteiger partial charge on any atom is -0.484 e. The van der Waals surface area contributed by atoms with Gasteiger partial charge in [0.1, 0.15) is 23.4 Å². The average Bonchev–Trinajstić information content (AvgIpc) is 3.54. The van der Waals surface area contributed by atoms with Crippen LogP contribution in [0.4, 0.5) is 5.95 Å². The first-order valence-electron chi connectivity index (χ1n) is 9.71. The lowest BCUT2D eigenvalue weighted by Gasteiger charge is -2.14. The molecule has 0 saturated carbocycles. The normalized spacial score (nSPS) is 13.3. The van der Waals surface area contributed by atoms with Crippen molar-refractivity contribution < 1.29 is 18.4 Å². The zero-order valence-corrected chi connectivity index (χ0v) is 15.9. The summed E-state index contributed by atoms with van der Waals surface area (Å²) in [7, 11) is 0. The number of amides is 1. The van der Waals surface area contributed by atoms with Crippen LogP contribution in [0, 0.1) is 0 Å². The molecular weight excluding hydrogens is 382 g/mol. The molecule has 7 heteroatoms. The molecule has 2 aromatic carbocycles. The second-order valence-electron chi connectivity index (χ2n) is 7.17. The smallest absolute Gasteiger partial charge is 0.267 e. The number of anilines is 1. The van der Waals surface area contributed by atoms with Crippen molar-refractivity contribution >= 4 is 33.9 Å². The van der Waals surface area contributed by atoms with Gasteiger partial charge in [0, 0.05) is 18.5 Å². The minimum atomic E-state index is -0.123. The number of carbonyl (C=O) groups is 1. The molecule has 30 heavy (non-hydrogen) atoms. The first kappa shape index (κ1) is 16.9. The quantitative estimate of drug-likeness (QED) is 0.446. The second-order valence-corrected chi connectivity index (χ2v) is 7.17. The molecule has 1 aliphatic rings. The van der Waals surface area contributed by atoms with Gasteiger partial charge in [0.2, 0.25) is 5.95 Å². The highest BCUT2D eigenvalue weighted by Gasteiger charge is 2.28. The molecule has 4 heterocycles. The van der Waals surface area contributed by atoms with Gasteiger partial charge in [-0.1, -0.05) is 12.1 Å². The van der Waals surface area contributed by atoms with E-state index in [1.807, 2.05) is 48.5 Å². The number of furan rings is 2. The highest BCUT2D eigenvalue weighted by atomic mass is 16.5. The Hall–Kier alpha value is -4.00. The monoisotopic (exact) mass is 399 g/mol. The van der Waals surface area contributed by atoms with Gasteiger partial charge in [-0.3, -0.25) is 9.69 Å². The van der Waals surface area contributed by atoms with E-state index in [1.54, 1.807) is 23.5 Å². The maximum Gasteiger partial charge on any atom is 0.267 e. The van der Waals surface area contributed by atoms with Gasteiger partial charge in [0.25, 0.3) is 5.91 Å². The predicted molar refractivity (Wildman–Crippen MR) is 111 cm³/mol. The molecule has 0 saturated heterocycles. The minimum absolute atomic E-state index is 0.0668. The lowest BCUT2D eigenvalue weighted by atomic mass is 10.1. The van der Waals surface area contributed by atoms with Gasteiger partial charge >= 0.3 is 0 Å². The summed E-state index contributed by atoms with van der Waals surface area (Å²) in [5.41, 5.74) is 3.51. The lowest BCUT2D eigenvalue weighted by molar-refractivity contribution is -0.120. The molecule has 1 aliphatic heterocycles. The van der Waals surface area contributed by atoms with Gasteiger partial charge in [0.15, 0.2) is 6.61 Å². The predicted octanol–water partition coefficient (Wildman–Crippen LogP) is 4.47. The van der Waals surface area contributed by atoms with Gasteiger partial charge in [-0.05, 0) is 42.5 Å². The van der Waals surface area contributed by atoms with Crippen molar-refractivity contribution in [2.24, 2.45) is 0 Å². The van der Waals surface area contributed by atoms with Crippen molar-refractivity contribution in [3.8, 4) is 17.1 Å². The maximum absolute atomic E-state index is 12.8. The standard InChI is InChI=1S/C23H17N3O4/c27-22(26-10-9-25-19-5-2-1-4-18(19)24-23(25)26)14-29-15-7-8-21-16(12-15)17(13-30-21)20-6-3-11-28-20/h1-8,11-13H,9-10,14H2. The molecular formula is C23H17N3O4. The molecule has 0 aliphatic carbocycles.